The Morgan fingerprint density at radius 1 is 0.738 bits per heavy atom. The first-order valence-electron chi connectivity index (χ1n) is 14.2. The highest BCUT2D eigenvalue weighted by atomic mass is 15.5. The molecule has 6 rings (SSSR count). The third-order valence-electron chi connectivity index (χ3n) is 7.80. The second-order valence-corrected chi connectivity index (χ2v) is 10.5. The maximum atomic E-state index is 7.82. The molecule has 4 nitrogen and oxygen atoms in total. The number of para-hydroxylation sites is 2. The van der Waals surface area contributed by atoms with Crippen LogP contribution < -0.4 is 5.01 Å². The summed E-state index contributed by atoms with van der Waals surface area (Å²) in [5, 5.41) is 9.38. The zero-order valence-corrected chi connectivity index (χ0v) is 24.1. The number of hydrogen-bond acceptors (Lipinski definition) is 2. The zero-order chi connectivity index (χ0) is 29.1. The maximum Gasteiger partial charge on any atom is 0.194 e. The first-order chi connectivity index (χ1) is 20.6. The fourth-order valence-electron chi connectivity index (χ4n) is 5.43. The van der Waals surface area contributed by atoms with Crippen LogP contribution in [0, 0.1) is 20.4 Å². The summed E-state index contributed by atoms with van der Waals surface area (Å²) in [6.45, 7) is 15.1. The SMILES string of the molecule is [C-]#[N+]/C(=C\c1ccc(C)c(C)c1)c1ccc(N(/N=C\c2ccc3c(c2)c2ccccc2n3CC)c2ccccc2)cc1. The number of fused-ring (bicyclic) bond motifs is 3. The second kappa shape index (κ2) is 11.6. The van der Waals surface area contributed by atoms with E-state index in [1.165, 1.54) is 32.9 Å². The number of hydrazone groups is 1. The van der Waals surface area contributed by atoms with E-state index in [0.717, 1.165) is 34.6 Å². The monoisotopic (exact) mass is 544 g/mol. The molecule has 0 radical (unpaired) electrons. The van der Waals surface area contributed by atoms with Gasteiger partial charge in [-0.2, -0.15) is 5.10 Å². The van der Waals surface area contributed by atoms with Gasteiger partial charge in [-0.1, -0.05) is 72.8 Å². The normalized spacial score (nSPS) is 11.8. The fourth-order valence-corrected chi connectivity index (χ4v) is 5.43. The highest BCUT2D eigenvalue weighted by Gasteiger charge is 2.12. The second-order valence-electron chi connectivity index (χ2n) is 10.5. The molecule has 0 N–H and O–H groups in total. The summed E-state index contributed by atoms with van der Waals surface area (Å²) in [5.74, 6) is 0. The summed E-state index contributed by atoms with van der Waals surface area (Å²) in [6.07, 6.45) is 3.87. The largest absolute Gasteiger partial charge is 0.341 e. The molecule has 0 fully saturated rings. The lowest BCUT2D eigenvalue weighted by molar-refractivity contribution is 0.827. The Bertz CT molecular complexity index is 1990. The van der Waals surface area contributed by atoms with Crippen LogP contribution in [0.2, 0.25) is 0 Å². The van der Waals surface area contributed by atoms with Crippen molar-refractivity contribution in [1.29, 1.82) is 0 Å². The van der Waals surface area contributed by atoms with Crippen LogP contribution in [0.25, 0.3) is 38.4 Å². The van der Waals surface area contributed by atoms with Gasteiger partial charge in [0.15, 0.2) is 5.70 Å². The van der Waals surface area contributed by atoms with E-state index in [9.17, 15) is 0 Å². The van der Waals surface area contributed by atoms with Crippen molar-refractivity contribution in [2.75, 3.05) is 5.01 Å². The van der Waals surface area contributed by atoms with Gasteiger partial charge in [0, 0.05) is 28.4 Å². The van der Waals surface area contributed by atoms with Gasteiger partial charge in [-0.3, -0.25) is 0 Å². The molecule has 0 unspecified atom stereocenters. The Balaban J connectivity index is 1.35. The average molecular weight is 545 g/mol. The van der Waals surface area contributed by atoms with E-state index < -0.39 is 0 Å². The lowest BCUT2D eigenvalue weighted by Gasteiger charge is -2.19. The van der Waals surface area contributed by atoms with E-state index in [4.69, 9.17) is 11.7 Å². The van der Waals surface area contributed by atoms with Gasteiger partial charge in [-0.05, 0) is 97.1 Å². The Hall–Kier alpha value is -5.40. The van der Waals surface area contributed by atoms with Gasteiger partial charge in [0.2, 0.25) is 0 Å². The molecule has 0 saturated heterocycles. The molecule has 6 aromatic rings. The summed E-state index contributed by atoms with van der Waals surface area (Å²) in [5.41, 5.74) is 10.4. The van der Waals surface area contributed by atoms with Crippen molar-refractivity contribution in [1.82, 2.24) is 4.57 Å². The third-order valence-corrected chi connectivity index (χ3v) is 7.80. The van der Waals surface area contributed by atoms with Gasteiger partial charge >= 0.3 is 0 Å². The molecule has 0 saturated carbocycles. The molecule has 0 spiro atoms. The van der Waals surface area contributed by atoms with Crippen LogP contribution in [0.4, 0.5) is 11.4 Å². The minimum absolute atomic E-state index is 0.610. The van der Waals surface area contributed by atoms with Crippen LogP contribution in [-0.2, 0) is 6.54 Å². The minimum Gasteiger partial charge on any atom is -0.341 e. The summed E-state index contributed by atoms with van der Waals surface area (Å²) >= 11 is 0. The molecule has 1 aromatic heterocycles. The molecule has 5 aromatic carbocycles. The molecular formula is C38H32N4. The van der Waals surface area contributed by atoms with Crippen molar-refractivity contribution < 1.29 is 0 Å². The van der Waals surface area contributed by atoms with E-state index in [0.29, 0.717) is 5.70 Å². The summed E-state index contributed by atoms with van der Waals surface area (Å²) in [7, 11) is 0. The molecule has 0 aliphatic rings. The maximum absolute atomic E-state index is 7.82. The van der Waals surface area contributed by atoms with Gasteiger partial charge in [0.25, 0.3) is 0 Å². The topological polar surface area (TPSA) is 24.9 Å². The highest BCUT2D eigenvalue weighted by Crippen LogP contribution is 2.31. The molecule has 0 bridgehead atoms. The molecule has 1 heterocycles. The van der Waals surface area contributed by atoms with Crippen LogP contribution in [0.3, 0.4) is 0 Å². The molecule has 0 amide bonds. The van der Waals surface area contributed by atoms with E-state index in [2.05, 4.69) is 90.8 Å². The number of benzene rings is 5. The predicted octanol–water partition coefficient (Wildman–Crippen LogP) is 10.0. The highest BCUT2D eigenvalue weighted by molar-refractivity contribution is 6.09. The van der Waals surface area contributed by atoms with Crippen LogP contribution in [0.5, 0.6) is 0 Å². The number of rotatable bonds is 7. The Morgan fingerprint density at radius 3 is 2.17 bits per heavy atom. The molecule has 42 heavy (non-hydrogen) atoms. The van der Waals surface area contributed by atoms with Gasteiger partial charge in [-0.15, -0.1) is 0 Å². The predicted molar refractivity (Wildman–Crippen MR) is 178 cm³/mol. The average Bonchev–Trinajstić information content (AvgIpc) is 3.35. The standard InChI is InChI=1S/C38H32N4/c1-5-41-37-14-10-9-13-34(37)35-24-30(17-22-38(35)41)26-40-42(32-11-7-6-8-12-32)33-20-18-31(19-21-33)36(39-4)25-29-16-15-27(2)28(3)23-29/h6-26H,5H2,1-3H3/b36-25-,40-26-. The number of nitrogens with zero attached hydrogens (tertiary/aromatic N) is 4. The Labute approximate surface area is 247 Å². The van der Waals surface area contributed by atoms with Gasteiger partial charge < -0.3 is 4.57 Å². The van der Waals surface area contributed by atoms with E-state index in [1.54, 1.807) is 0 Å². The zero-order valence-electron chi connectivity index (χ0n) is 24.1. The van der Waals surface area contributed by atoms with Gasteiger partial charge in [0.1, 0.15) is 0 Å². The molecule has 0 aliphatic heterocycles. The quantitative estimate of drug-likeness (QED) is 0.0849. The van der Waals surface area contributed by atoms with E-state index in [-0.39, 0.29) is 0 Å². The van der Waals surface area contributed by atoms with E-state index in [1.807, 2.05) is 71.9 Å². The summed E-state index contributed by atoms with van der Waals surface area (Å²) < 4.78 is 2.36. The van der Waals surface area contributed by atoms with Crippen molar-refractivity contribution in [2.45, 2.75) is 27.3 Å². The number of anilines is 2. The van der Waals surface area contributed by atoms with Crippen LogP contribution in [-0.4, -0.2) is 10.8 Å². The first kappa shape index (κ1) is 26.8. The summed E-state index contributed by atoms with van der Waals surface area (Å²) in [4.78, 5) is 3.83. The van der Waals surface area contributed by atoms with E-state index >= 15 is 0 Å². The van der Waals surface area contributed by atoms with Crippen LogP contribution >= 0.6 is 0 Å². The lowest BCUT2D eigenvalue weighted by Crippen LogP contribution is -2.09. The van der Waals surface area contributed by atoms with Crippen LogP contribution in [0.1, 0.15) is 34.7 Å². The van der Waals surface area contributed by atoms with Crippen molar-refractivity contribution in [2.24, 2.45) is 5.10 Å². The third kappa shape index (κ3) is 5.21. The van der Waals surface area contributed by atoms with Crippen molar-refractivity contribution >= 4 is 51.2 Å². The smallest absolute Gasteiger partial charge is 0.194 e. The number of aromatic nitrogens is 1. The first-order valence-corrected chi connectivity index (χ1v) is 14.2. The molecular weight excluding hydrogens is 512 g/mol. The molecule has 0 atom stereocenters. The minimum atomic E-state index is 0.610. The summed E-state index contributed by atoms with van der Waals surface area (Å²) in [6, 6.07) is 39.6. The number of hydrogen-bond donors (Lipinski definition) is 0. The lowest BCUT2D eigenvalue weighted by atomic mass is 10.0. The Morgan fingerprint density at radius 2 is 1.43 bits per heavy atom. The van der Waals surface area contributed by atoms with Crippen molar-refractivity contribution in [3.05, 3.63) is 154 Å². The van der Waals surface area contributed by atoms with Gasteiger partial charge in [0.05, 0.1) is 24.2 Å². The van der Waals surface area contributed by atoms with Crippen molar-refractivity contribution in [3.8, 4) is 0 Å². The van der Waals surface area contributed by atoms with Gasteiger partial charge in [-0.25, -0.2) is 9.85 Å². The molecule has 0 aliphatic carbocycles. The van der Waals surface area contributed by atoms with Crippen LogP contribution in [0.15, 0.2) is 120 Å². The number of aryl methyl sites for hydroxylation is 3. The van der Waals surface area contributed by atoms with Crippen molar-refractivity contribution in [3.63, 3.8) is 0 Å². The molecule has 4 heteroatoms. The Kier molecular flexibility index (Phi) is 7.41. The molecule has 204 valence electrons. The fraction of sp³-hybridized carbons (Fsp3) is 0.105.